The van der Waals surface area contributed by atoms with Gasteiger partial charge in [0.1, 0.15) is 17.2 Å². The molecule has 2 aromatic carbocycles. The maximum Gasteiger partial charge on any atom is 0.316 e. The molecule has 0 amide bonds. The van der Waals surface area contributed by atoms with Gasteiger partial charge in [-0.15, -0.1) is 0 Å². The van der Waals surface area contributed by atoms with Crippen molar-refractivity contribution in [1.29, 1.82) is 0 Å². The molecule has 0 aromatic heterocycles. The summed E-state index contributed by atoms with van der Waals surface area (Å²) in [7, 11) is 0. The molecule has 0 spiro atoms. The minimum atomic E-state index is -0.593. The molecule has 5 heteroatoms. The Balaban J connectivity index is 2.10. The van der Waals surface area contributed by atoms with E-state index in [1.807, 2.05) is 18.2 Å². The summed E-state index contributed by atoms with van der Waals surface area (Å²) in [6.45, 7) is 10.9. The number of allylic oxidation sites excluding steroid dienone is 1. The highest BCUT2D eigenvalue weighted by molar-refractivity contribution is 6.07. The van der Waals surface area contributed by atoms with Crippen LogP contribution in [0.4, 0.5) is 0 Å². The second kappa shape index (κ2) is 12.8. The molecule has 0 bridgehead atoms. The van der Waals surface area contributed by atoms with Crippen LogP contribution in [-0.2, 0) is 4.79 Å². The summed E-state index contributed by atoms with van der Waals surface area (Å²) in [6, 6.07) is 12.3. The van der Waals surface area contributed by atoms with Crippen LogP contribution < -0.4 is 14.2 Å². The highest BCUT2D eigenvalue weighted by Crippen LogP contribution is 2.27. The predicted molar refractivity (Wildman–Crippen MR) is 132 cm³/mol. The van der Waals surface area contributed by atoms with Crippen LogP contribution in [0.3, 0.4) is 0 Å². The van der Waals surface area contributed by atoms with E-state index in [1.54, 1.807) is 51.1 Å². The van der Waals surface area contributed by atoms with Crippen molar-refractivity contribution in [3.8, 4) is 17.2 Å². The van der Waals surface area contributed by atoms with Crippen LogP contribution in [0.2, 0.25) is 0 Å². The molecule has 0 aliphatic rings. The molecular formula is C28H36O5. The third-order valence-corrected chi connectivity index (χ3v) is 4.88. The van der Waals surface area contributed by atoms with Gasteiger partial charge < -0.3 is 14.2 Å². The Bertz CT molecular complexity index is 936. The molecule has 2 aromatic rings. The second-order valence-corrected chi connectivity index (χ2v) is 8.97. The average Bonchev–Trinajstić information content (AvgIpc) is 2.78. The summed E-state index contributed by atoms with van der Waals surface area (Å²) in [4.78, 5) is 24.7. The maximum atomic E-state index is 12.7. The lowest BCUT2D eigenvalue weighted by Crippen LogP contribution is -2.25. The van der Waals surface area contributed by atoms with Gasteiger partial charge in [-0.25, -0.2) is 0 Å². The summed E-state index contributed by atoms with van der Waals surface area (Å²) < 4.78 is 17.1. The summed E-state index contributed by atoms with van der Waals surface area (Å²) >= 11 is 0. The third kappa shape index (κ3) is 8.76. The maximum absolute atomic E-state index is 12.7. The number of hydrogen-bond donors (Lipinski definition) is 0. The van der Waals surface area contributed by atoms with Gasteiger partial charge in [0.25, 0.3) is 0 Å². The van der Waals surface area contributed by atoms with Gasteiger partial charge in [0.05, 0.1) is 18.6 Å². The smallest absolute Gasteiger partial charge is 0.316 e. The third-order valence-electron chi connectivity index (χ3n) is 4.88. The molecule has 0 aliphatic heterocycles. The normalized spacial score (nSPS) is 11.4. The second-order valence-electron chi connectivity index (χ2n) is 8.97. The van der Waals surface area contributed by atoms with Crippen molar-refractivity contribution in [1.82, 2.24) is 0 Å². The fraction of sp³-hybridized carbons (Fsp3) is 0.429. The average molecular weight is 453 g/mol. The van der Waals surface area contributed by atoms with Crippen molar-refractivity contribution >= 4 is 17.8 Å². The van der Waals surface area contributed by atoms with Crippen LogP contribution in [0.1, 0.15) is 76.2 Å². The van der Waals surface area contributed by atoms with Gasteiger partial charge in [0.15, 0.2) is 5.78 Å². The van der Waals surface area contributed by atoms with Crippen LogP contribution in [0, 0.1) is 5.41 Å². The van der Waals surface area contributed by atoms with E-state index in [4.69, 9.17) is 14.2 Å². The van der Waals surface area contributed by atoms with E-state index >= 15 is 0 Å². The van der Waals surface area contributed by atoms with Crippen LogP contribution in [0.15, 0.2) is 48.5 Å². The zero-order valence-corrected chi connectivity index (χ0v) is 20.5. The molecule has 178 valence electrons. The van der Waals surface area contributed by atoms with Gasteiger partial charge in [-0.3, -0.25) is 9.59 Å². The van der Waals surface area contributed by atoms with Crippen molar-refractivity contribution in [3.05, 3.63) is 59.7 Å². The first-order valence-electron chi connectivity index (χ1n) is 11.7. The Morgan fingerprint density at radius 1 is 0.848 bits per heavy atom. The number of ether oxygens (including phenoxy) is 3. The number of benzene rings is 2. The number of rotatable bonds is 12. The van der Waals surface area contributed by atoms with Crippen molar-refractivity contribution in [3.63, 3.8) is 0 Å². The topological polar surface area (TPSA) is 61.8 Å². The molecular weight excluding hydrogens is 416 g/mol. The van der Waals surface area contributed by atoms with E-state index in [1.165, 1.54) is 6.08 Å². The Labute approximate surface area is 197 Å². The zero-order chi connectivity index (χ0) is 24.3. The van der Waals surface area contributed by atoms with Crippen molar-refractivity contribution < 1.29 is 23.8 Å². The van der Waals surface area contributed by atoms with Crippen LogP contribution >= 0.6 is 0 Å². The Kier molecular flexibility index (Phi) is 10.2. The van der Waals surface area contributed by atoms with E-state index in [2.05, 4.69) is 13.8 Å². The molecule has 0 unspecified atom stereocenters. The SMILES string of the molecule is CCCCOc1ccc(/C=C/C(=O)c2ccc(OC(=O)C(C)(C)C)cc2)c(OCCCC)c1. The number of carbonyl (C=O) groups is 2. The van der Waals surface area contributed by atoms with Crippen molar-refractivity contribution in [2.24, 2.45) is 5.41 Å². The fourth-order valence-corrected chi connectivity index (χ4v) is 2.74. The summed E-state index contributed by atoms with van der Waals surface area (Å²) in [5, 5.41) is 0. The molecule has 0 N–H and O–H groups in total. The van der Waals surface area contributed by atoms with E-state index in [-0.39, 0.29) is 11.8 Å². The molecule has 0 saturated heterocycles. The van der Waals surface area contributed by atoms with Crippen LogP contribution in [0.5, 0.6) is 17.2 Å². The number of unbranched alkanes of at least 4 members (excludes halogenated alkanes) is 2. The van der Waals surface area contributed by atoms with Crippen LogP contribution in [-0.4, -0.2) is 25.0 Å². The molecule has 0 saturated carbocycles. The van der Waals surface area contributed by atoms with E-state index in [0.717, 1.165) is 37.0 Å². The molecule has 0 atom stereocenters. The summed E-state index contributed by atoms with van der Waals surface area (Å²) in [5.74, 6) is 1.41. The zero-order valence-electron chi connectivity index (χ0n) is 20.5. The first kappa shape index (κ1) is 26.2. The quantitative estimate of drug-likeness (QED) is 0.115. The number of ketones is 1. The Morgan fingerprint density at radius 2 is 1.45 bits per heavy atom. The van der Waals surface area contributed by atoms with Gasteiger partial charge in [-0.05, 0) is 82.2 Å². The monoisotopic (exact) mass is 452 g/mol. The fourth-order valence-electron chi connectivity index (χ4n) is 2.74. The standard InChI is InChI=1S/C28H36O5/c1-6-8-18-31-24-16-12-22(26(20-24)32-19-9-7-2)13-17-25(29)21-10-14-23(15-11-21)33-27(30)28(3,4)5/h10-17,20H,6-9,18-19H2,1-5H3/b17-13+. The molecule has 0 aliphatic carbocycles. The van der Waals surface area contributed by atoms with Crippen molar-refractivity contribution in [2.75, 3.05) is 13.2 Å². The van der Waals surface area contributed by atoms with Crippen LogP contribution in [0.25, 0.3) is 6.08 Å². The lowest BCUT2D eigenvalue weighted by Gasteiger charge is -2.16. The van der Waals surface area contributed by atoms with Gasteiger partial charge in [-0.1, -0.05) is 26.7 Å². The van der Waals surface area contributed by atoms with E-state index in [0.29, 0.717) is 30.3 Å². The van der Waals surface area contributed by atoms with Gasteiger partial charge in [0.2, 0.25) is 0 Å². The highest BCUT2D eigenvalue weighted by Gasteiger charge is 2.23. The first-order chi connectivity index (χ1) is 15.7. The Morgan fingerprint density at radius 3 is 2.06 bits per heavy atom. The molecule has 0 heterocycles. The highest BCUT2D eigenvalue weighted by atomic mass is 16.5. The number of carbonyl (C=O) groups excluding carboxylic acids is 2. The predicted octanol–water partition coefficient (Wildman–Crippen LogP) is 6.89. The molecule has 33 heavy (non-hydrogen) atoms. The molecule has 2 rings (SSSR count). The summed E-state index contributed by atoms with van der Waals surface area (Å²) in [5.41, 5.74) is 0.734. The number of esters is 1. The van der Waals surface area contributed by atoms with E-state index in [9.17, 15) is 9.59 Å². The number of hydrogen-bond acceptors (Lipinski definition) is 5. The van der Waals surface area contributed by atoms with Gasteiger partial charge in [-0.2, -0.15) is 0 Å². The lowest BCUT2D eigenvalue weighted by atomic mass is 9.97. The summed E-state index contributed by atoms with van der Waals surface area (Å²) in [6.07, 6.45) is 7.34. The first-order valence-corrected chi connectivity index (χ1v) is 11.7. The largest absolute Gasteiger partial charge is 0.493 e. The molecule has 0 radical (unpaired) electrons. The molecule has 0 fully saturated rings. The van der Waals surface area contributed by atoms with Gasteiger partial charge in [0, 0.05) is 17.2 Å². The minimum Gasteiger partial charge on any atom is -0.493 e. The van der Waals surface area contributed by atoms with Crippen molar-refractivity contribution in [2.45, 2.75) is 60.3 Å². The van der Waals surface area contributed by atoms with Gasteiger partial charge >= 0.3 is 5.97 Å². The Hall–Kier alpha value is -3.08. The molecule has 5 nitrogen and oxygen atoms in total. The minimum absolute atomic E-state index is 0.147. The lowest BCUT2D eigenvalue weighted by molar-refractivity contribution is -0.143. The van der Waals surface area contributed by atoms with E-state index < -0.39 is 5.41 Å².